The Balaban J connectivity index is 2.28. The van der Waals surface area contributed by atoms with Crippen LogP contribution in [0.2, 0.25) is 0 Å². The summed E-state index contributed by atoms with van der Waals surface area (Å²) in [7, 11) is 0. The number of aryl methyl sites for hydroxylation is 1. The second-order valence-electron chi connectivity index (χ2n) is 5.22. The SMILES string of the molecule is CC(CCN)C(=O)N1CCCc2cc(C(=O)O)ccc21. The molecule has 1 atom stereocenters. The van der Waals surface area contributed by atoms with Crippen molar-refractivity contribution < 1.29 is 14.7 Å². The third-order valence-electron chi connectivity index (χ3n) is 3.73. The van der Waals surface area contributed by atoms with E-state index < -0.39 is 5.97 Å². The minimum absolute atomic E-state index is 0.0690. The summed E-state index contributed by atoms with van der Waals surface area (Å²) in [4.78, 5) is 25.2. The molecule has 1 heterocycles. The van der Waals surface area contributed by atoms with Crippen LogP contribution >= 0.6 is 0 Å². The highest BCUT2D eigenvalue weighted by Gasteiger charge is 2.26. The molecule has 1 aromatic carbocycles. The number of hydrogen-bond acceptors (Lipinski definition) is 3. The van der Waals surface area contributed by atoms with Crippen molar-refractivity contribution >= 4 is 17.6 Å². The number of carbonyl (C=O) groups is 2. The van der Waals surface area contributed by atoms with Gasteiger partial charge >= 0.3 is 5.97 Å². The zero-order chi connectivity index (χ0) is 14.7. The van der Waals surface area contributed by atoms with Gasteiger partial charge in [-0.3, -0.25) is 4.79 Å². The summed E-state index contributed by atoms with van der Waals surface area (Å²) in [6.45, 7) is 3.06. The number of nitrogens with two attached hydrogens (primary N) is 1. The Morgan fingerprint density at radius 1 is 1.45 bits per heavy atom. The lowest BCUT2D eigenvalue weighted by atomic mass is 9.97. The Morgan fingerprint density at radius 2 is 2.20 bits per heavy atom. The van der Waals surface area contributed by atoms with Crippen molar-refractivity contribution in [1.82, 2.24) is 0 Å². The van der Waals surface area contributed by atoms with Gasteiger partial charge in [0.1, 0.15) is 0 Å². The molecule has 0 fully saturated rings. The van der Waals surface area contributed by atoms with Crippen LogP contribution in [0.25, 0.3) is 0 Å². The Bertz CT molecular complexity index is 528. The van der Waals surface area contributed by atoms with Crippen LogP contribution in [0.5, 0.6) is 0 Å². The van der Waals surface area contributed by atoms with E-state index in [2.05, 4.69) is 0 Å². The average molecular weight is 276 g/mol. The van der Waals surface area contributed by atoms with Crippen molar-refractivity contribution in [1.29, 1.82) is 0 Å². The molecule has 1 aromatic rings. The number of rotatable bonds is 4. The molecule has 20 heavy (non-hydrogen) atoms. The van der Waals surface area contributed by atoms with Crippen LogP contribution in [0.4, 0.5) is 5.69 Å². The lowest BCUT2D eigenvalue weighted by Gasteiger charge is -2.31. The van der Waals surface area contributed by atoms with Gasteiger partial charge in [0.2, 0.25) is 5.91 Å². The molecule has 1 unspecified atom stereocenters. The molecule has 1 amide bonds. The summed E-state index contributed by atoms with van der Waals surface area (Å²) in [5.74, 6) is -0.975. The number of carbonyl (C=O) groups excluding carboxylic acids is 1. The second kappa shape index (κ2) is 6.05. The molecule has 5 heteroatoms. The molecule has 0 aromatic heterocycles. The molecular weight excluding hydrogens is 256 g/mol. The molecule has 0 bridgehead atoms. The van der Waals surface area contributed by atoms with Gasteiger partial charge in [0.05, 0.1) is 5.56 Å². The van der Waals surface area contributed by atoms with Crippen molar-refractivity contribution in [2.45, 2.75) is 26.2 Å². The minimum atomic E-state index is -0.937. The van der Waals surface area contributed by atoms with Gasteiger partial charge in [-0.15, -0.1) is 0 Å². The van der Waals surface area contributed by atoms with Crippen LogP contribution in [0.3, 0.4) is 0 Å². The number of amides is 1. The summed E-state index contributed by atoms with van der Waals surface area (Å²) in [5.41, 5.74) is 7.56. The van der Waals surface area contributed by atoms with Crippen molar-refractivity contribution in [3.63, 3.8) is 0 Å². The molecule has 0 aliphatic carbocycles. The summed E-state index contributed by atoms with van der Waals surface area (Å²) >= 11 is 0. The van der Waals surface area contributed by atoms with Gasteiger partial charge in [-0.25, -0.2) is 4.79 Å². The summed E-state index contributed by atoms with van der Waals surface area (Å²) < 4.78 is 0. The highest BCUT2D eigenvalue weighted by molar-refractivity contribution is 5.97. The van der Waals surface area contributed by atoms with Crippen LogP contribution in [0.15, 0.2) is 18.2 Å². The van der Waals surface area contributed by atoms with Crippen molar-refractivity contribution in [3.8, 4) is 0 Å². The Kier molecular flexibility index (Phi) is 4.39. The zero-order valence-corrected chi connectivity index (χ0v) is 11.6. The first-order valence-electron chi connectivity index (χ1n) is 6.92. The first-order valence-corrected chi connectivity index (χ1v) is 6.92. The number of aromatic carboxylic acids is 1. The van der Waals surface area contributed by atoms with E-state index in [1.54, 1.807) is 23.1 Å². The third kappa shape index (κ3) is 2.82. The smallest absolute Gasteiger partial charge is 0.335 e. The predicted octanol–water partition coefficient (Wildman–Crippen LogP) is 1.65. The van der Waals surface area contributed by atoms with E-state index in [1.807, 2.05) is 6.92 Å². The van der Waals surface area contributed by atoms with Gasteiger partial charge in [0, 0.05) is 18.2 Å². The molecule has 0 radical (unpaired) electrons. The highest BCUT2D eigenvalue weighted by atomic mass is 16.4. The minimum Gasteiger partial charge on any atom is -0.478 e. The molecule has 3 N–H and O–H groups in total. The molecule has 0 saturated carbocycles. The fourth-order valence-electron chi connectivity index (χ4n) is 2.60. The van der Waals surface area contributed by atoms with Gasteiger partial charge in [-0.1, -0.05) is 6.92 Å². The zero-order valence-electron chi connectivity index (χ0n) is 11.6. The Hall–Kier alpha value is -1.88. The number of fused-ring (bicyclic) bond motifs is 1. The van der Waals surface area contributed by atoms with Gasteiger partial charge in [-0.2, -0.15) is 0 Å². The van der Waals surface area contributed by atoms with E-state index in [1.165, 1.54) is 0 Å². The van der Waals surface area contributed by atoms with Crippen LogP contribution in [-0.4, -0.2) is 30.1 Å². The molecule has 5 nitrogen and oxygen atoms in total. The summed E-state index contributed by atoms with van der Waals surface area (Å²) in [6.07, 6.45) is 2.33. The van der Waals surface area contributed by atoms with E-state index in [0.29, 0.717) is 19.5 Å². The molecule has 2 rings (SSSR count). The Morgan fingerprint density at radius 3 is 2.85 bits per heavy atom. The average Bonchev–Trinajstić information content (AvgIpc) is 2.45. The van der Waals surface area contributed by atoms with Crippen molar-refractivity contribution in [3.05, 3.63) is 29.3 Å². The largest absolute Gasteiger partial charge is 0.478 e. The quantitative estimate of drug-likeness (QED) is 0.875. The third-order valence-corrected chi connectivity index (χ3v) is 3.73. The normalized spacial score (nSPS) is 15.6. The molecular formula is C15H20N2O3. The predicted molar refractivity (Wildman–Crippen MR) is 76.9 cm³/mol. The van der Waals surface area contributed by atoms with Gasteiger partial charge < -0.3 is 15.7 Å². The highest BCUT2D eigenvalue weighted by Crippen LogP contribution is 2.29. The number of nitrogens with zero attached hydrogens (tertiary/aromatic N) is 1. The first kappa shape index (κ1) is 14.5. The van der Waals surface area contributed by atoms with Crippen molar-refractivity contribution in [2.24, 2.45) is 11.7 Å². The summed E-state index contributed by atoms with van der Waals surface area (Å²) in [5, 5.41) is 9.03. The number of carboxylic acids is 1. The molecule has 0 saturated heterocycles. The van der Waals surface area contributed by atoms with Crippen LogP contribution in [0.1, 0.15) is 35.7 Å². The molecule has 1 aliphatic rings. The molecule has 108 valence electrons. The molecule has 1 aliphatic heterocycles. The lowest BCUT2D eigenvalue weighted by Crippen LogP contribution is -2.39. The second-order valence-corrected chi connectivity index (χ2v) is 5.22. The van der Waals surface area contributed by atoms with E-state index in [9.17, 15) is 9.59 Å². The van der Waals surface area contributed by atoms with Gasteiger partial charge in [0.25, 0.3) is 0 Å². The first-order chi connectivity index (χ1) is 9.54. The standard InChI is InChI=1S/C15H20N2O3/c1-10(6-7-16)14(18)17-8-2-3-11-9-12(15(19)20)4-5-13(11)17/h4-5,9-10H,2-3,6-8,16H2,1H3,(H,19,20). The number of hydrogen-bond donors (Lipinski definition) is 2. The van der Waals surface area contributed by atoms with Crippen LogP contribution in [0, 0.1) is 5.92 Å². The lowest BCUT2D eigenvalue weighted by molar-refractivity contribution is -0.122. The van der Waals surface area contributed by atoms with Crippen LogP contribution in [-0.2, 0) is 11.2 Å². The molecule has 0 spiro atoms. The maximum absolute atomic E-state index is 12.4. The monoisotopic (exact) mass is 276 g/mol. The number of anilines is 1. The number of benzene rings is 1. The summed E-state index contributed by atoms with van der Waals surface area (Å²) in [6, 6.07) is 4.97. The van der Waals surface area contributed by atoms with Gasteiger partial charge in [-0.05, 0) is 49.6 Å². The van der Waals surface area contributed by atoms with Crippen molar-refractivity contribution in [2.75, 3.05) is 18.0 Å². The van der Waals surface area contributed by atoms with E-state index in [0.717, 1.165) is 24.1 Å². The fourth-order valence-corrected chi connectivity index (χ4v) is 2.60. The van der Waals surface area contributed by atoms with E-state index in [4.69, 9.17) is 10.8 Å². The fraction of sp³-hybridized carbons (Fsp3) is 0.467. The van der Waals surface area contributed by atoms with Gasteiger partial charge in [0.15, 0.2) is 0 Å². The number of carboxylic acid groups (broad SMARTS) is 1. The van der Waals surface area contributed by atoms with E-state index in [-0.39, 0.29) is 17.4 Å². The van der Waals surface area contributed by atoms with Crippen LogP contribution < -0.4 is 10.6 Å². The maximum Gasteiger partial charge on any atom is 0.335 e. The van der Waals surface area contributed by atoms with E-state index >= 15 is 0 Å². The Labute approximate surface area is 118 Å². The maximum atomic E-state index is 12.4. The topological polar surface area (TPSA) is 83.6 Å².